The number of ether oxygens (including phenoxy) is 1. The highest BCUT2D eigenvalue weighted by atomic mass is 16.5. The molecule has 0 aliphatic rings. The Hall–Kier alpha value is -0.0800. The van der Waals surface area contributed by atoms with Crippen LogP contribution in [0.4, 0.5) is 0 Å². The van der Waals surface area contributed by atoms with Crippen molar-refractivity contribution in [2.45, 2.75) is 39.2 Å². The zero-order valence-electron chi connectivity index (χ0n) is 7.10. The number of rotatable bonds is 6. The van der Waals surface area contributed by atoms with Gasteiger partial charge in [-0.1, -0.05) is 20.3 Å². The van der Waals surface area contributed by atoms with E-state index in [0.29, 0.717) is 19.3 Å². The molecule has 0 saturated carbocycles. The van der Waals surface area contributed by atoms with Crippen LogP contribution in [0.5, 0.6) is 0 Å². The first-order chi connectivity index (χ1) is 4.85. The first-order valence-corrected chi connectivity index (χ1v) is 4.16. The van der Waals surface area contributed by atoms with E-state index < -0.39 is 0 Å². The molecule has 0 aliphatic heterocycles. The Morgan fingerprint density at radius 1 is 1.40 bits per heavy atom. The summed E-state index contributed by atoms with van der Waals surface area (Å²) in [5.41, 5.74) is 5.30. The largest absolute Gasteiger partial charge is 0.377 e. The lowest BCUT2D eigenvalue weighted by molar-refractivity contribution is 0.0498. The zero-order valence-corrected chi connectivity index (χ0v) is 7.10. The lowest BCUT2D eigenvalue weighted by atomic mass is 10.2. The maximum Gasteiger partial charge on any atom is 0.0592 e. The molecule has 0 aromatic carbocycles. The Kier molecular flexibility index (Phi) is 6.98. The standard InChI is InChI=1S/C8H19NO/c1-3-5-8(4-2)10-7-6-9/h8H,3-7,9H2,1-2H3. The van der Waals surface area contributed by atoms with Gasteiger partial charge in [0.25, 0.3) is 0 Å². The fraction of sp³-hybridized carbons (Fsp3) is 1.00. The molecule has 0 spiro atoms. The van der Waals surface area contributed by atoms with Crippen molar-refractivity contribution in [3.05, 3.63) is 0 Å². The zero-order chi connectivity index (χ0) is 7.82. The molecule has 0 bridgehead atoms. The number of hydrogen-bond donors (Lipinski definition) is 1. The molecule has 1 atom stereocenters. The van der Waals surface area contributed by atoms with E-state index in [0.717, 1.165) is 12.8 Å². The molecule has 10 heavy (non-hydrogen) atoms. The molecule has 0 heterocycles. The van der Waals surface area contributed by atoms with Gasteiger partial charge in [0.1, 0.15) is 0 Å². The molecule has 0 amide bonds. The van der Waals surface area contributed by atoms with Gasteiger partial charge in [0.2, 0.25) is 0 Å². The molecule has 62 valence electrons. The average molecular weight is 145 g/mol. The van der Waals surface area contributed by atoms with Crippen molar-refractivity contribution in [3.8, 4) is 0 Å². The molecule has 0 aliphatic carbocycles. The summed E-state index contributed by atoms with van der Waals surface area (Å²) in [7, 11) is 0. The minimum atomic E-state index is 0.438. The van der Waals surface area contributed by atoms with Gasteiger partial charge < -0.3 is 10.5 Å². The maximum atomic E-state index is 5.46. The second kappa shape index (κ2) is 7.03. The third-order valence-electron chi connectivity index (χ3n) is 1.54. The minimum absolute atomic E-state index is 0.438. The second-order valence-electron chi connectivity index (χ2n) is 2.48. The summed E-state index contributed by atoms with van der Waals surface area (Å²) < 4.78 is 5.46. The van der Waals surface area contributed by atoms with E-state index in [9.17, 15) is 0 Å². The van der Waals surface area contributed by atoms with Crippen LogP contribution in [0.25, 0.3) is 0 Å². The van der Waals surface area contributed by atoms with E-state index in [4.69, 9.17) is 10.5 Å². The highest BCUT2D eigenvalue weighted by molar-refractivity contribution is 4.53. The summed E-state index contributed by atoms with van der Waals surface area (Å²) >= 11 is 0. The van der Waals surface area contributed by atoms with Crippen LogP contribution in [0.15, 0.2) is 0 Å². The van der Waals surface area contributed by atoms with Gasteiger partial charge in [-0.2, -0.15) is 0 Å². The molecule has 2 heteroatoms. The van der Waals surface area contributed by atoms with Crippen LogP contribution in [0.2, 0.25) is 0 Å². The molecule has 0 aromatic rings. The smallest absolute Gasteiger partial charge is 0.0592 e. The van der Waals surface area contributed by atoms with Crippen LogP contribution in [-0.2, 0) is 4.74 Å². The molecule has 0 saturated heterocycles. The Morgan fingerprint density at radius 2 is 2.10 bits per heavy atom. The normalized spacial score (nSPS) is 13.5. The maximum absolute atomic E-state index is 5.46. The molecular formula is C8H19NO. The second-order valence-corrected chi connectivity index (χ2v) is 2.48. The number of hydrogen-bond acceptors (Lipinski definition) is 2. The van der Waals surface area contributed by atoms with E-state index in [1.54, 1.807) is 0 Å². The highest BCUT2D eigenvalue weighted by Crippen LogP contribution is 2.04. The van der Waals surface area contributed by atoms with Gasteiger partial charge in [-0.05, 0) is 12.8 Å². The van der Waals surface area contributed by atoms with Crippen LogP contribution < -0.4 is 5.73 Å². The quantitative estimate of drug-likeness (QED) is 0.615. The number of nitrogens with two attached hydrogens (primary N) is 1. The van der Waals surface area contributed by atoms with Gasteiger partial charge in [-0.15, -0.1) is 0 Å². The molecule has 2 N–H and O–H groups in total. The van der Waals surface area contributed by atoms with Gasteiger partial charge in [0.15, 0.2) is 0 Å². The van der Waals surface area contributed by atoms with Crippen LogP contribution in [0.1, 0.15) is 33.1 Å². The van der Waals surface area contributed by atoms with Gasteiger partial charge in [-0.25, -0.2) is 0 Å². The summed E-state index contributed by atoms with van der Waals surface area (Å²) in [6.07, 6.45) is 3.90. The Bertz CT molecular complexity index is 66.3. The van der Waals surface area contributed by atoms with Gasteiger partial charge in [0.05, 0.1) is 12.7 Å². The summed E-state index contributed by atoms with van der Waals surface area (Å²) in [5.74, 6) is 0. The first kappa shape index (κ1) is 9.92. The van der Waals surface area contributed by atoms with E-state index in [-0.39, 0.29) is 0 Å². The highest BCUT2D eigenvalue weighted by Gasteiger charge is 2.02. The van der Waals surface area contributed by atoms with Crippen molar-refractivity contribution in [1.82, 2.24) is 0 Å². The van der Waals surface area contributed by atoms with Crippen molar-refractivity contribution in [3.63, 3.8) is 0 Å². The van der Waals surface area contributed by atoms with Gasteiger partial charge in [0, 0.05) is 6.54 Å². The van der Waals surface area contributed by atoms with Crippen molar-refractivity contribution in [2.75, 3.05) is 13.2 Å². The van der Waals surface area contributed by atoms with E-state index in [2.05, 4.69) is 13.8 Å². The van der Waals surface area contributed by atoms with Gasteiger partial charge in [-0.3, -0.25) is 0 Å². The summed E-state index contributed by atoms with van der Waals surface area (Å²) in [6.45, 7) is 5.67. The fourth-order valence-electron chi connectivity index (χ4n) is 0.962. The van der Waals surface area contributed by atoms with E-state index in [1.807, 2.05) is 0 Å². The average Bonchev–Trinajstić information content (AvgIpc) is 1.98. The summed E-state index contributed by atoms with van der Waals surface area (Å²) in [5, 5.41) is 0. The molecule has 0 fully saturated rings. The van der Waals surface area contributed by atoms with Crippen LogP contribution in [0, 0.1) is 0 Å². The van der Waals surface area contributed by atoms with Crippen LogP contribution in [0.3, 0.4) is 0 Å². The Labute approximate surface area is 63.7 Å². The topological polar surface area (TPSA) is 35.2 Å². The monoisotopic (exact) mass is 145 g/mol. The van der Waals surface area contributed by atoms with Crippen molar-refractivity contribution in [1.29, 1.82) is 0 Å². The predicted molar refractivity (Wildman–Crippen MR) is 44.0 cm³/mol. The molecule has 0 aromatic heterocycles. The lowest BCUT2D eigenvalue weighted by Crippen LogP contribution is -2.17. The molecule has 0 radical (unpaired) electrons. The first-order valence-electron chi connectivity index (χ1n) is 4.16. The van der Waals surface area contributed by atoms with Crippen LogP contribution in [-0.4, -0.2) is 19.3 Å². The third-order valence-corrected chi connectivity index (χ3v) is 1.54. The van der Waals surface area contributed by atoms with Crippen molar-refractivity contribution >= 4 is 0 Å². The van der Waals surface area contributed by atoms with Crippen LogP contribution >= 0.6 is 0 Å². The van der Waals surface area contributed by atoms with Crippen molar-refractivity contribution < 1.29 is 4.74 Å². The van der Waals surface area contributed by atoms with Crippen molar-refractivity contribution in [2.24, 2.45) is 5.73 Å². The molecule has 1 unspecified atom stereocenters. The van der Waals surface area contributed by atoms with Gasteiger partial charge >= 0.3 is 0 Å². The molecule has 2 nitrogen and oxygen atoms in total. The van der Waals surface area contributed by atoms with E-state index in [1.165, 1.54) is 6.42 Å². The fourth-order valence-corrected chi connectivity index (χ4v) is 0.962. The molecule has 0 rings (SSSR count). The summed E-state index contributed by atoms with van der Waals surface area (Å²) in [6, 6.07) is 0. The minimum Gasteiger partial charge on any atom is -0.377 e. The Balaban J connectivity index is 3.21. The lowest BCUT2D eigenvalue weighted by Gasteiger charge is -2.13. The molecular weight excluding hydrogens is 126 g/mol. The summed E-state index contributed by atoms with van der Waals surface area (Å²) in [4.78, 5) is 0. The third kappa shape index (κ3) is 4.77. The Morgan fingerprint density at radius 3 is 2.50 bits per heavy atom. The SMILES string of the molecule is CCCC(CC)OCCN. The predicted octanol–water partition coefficient (Wildman–Crippen LogP) is 1.54. The van der Waals surface area contributed by atoms with E-state index >= 15 is 0 Å².